The van der Waals surface area contributed by atoms with Gasteiger partial charge in [-0.25, -0.2) is 0 Å². The van der Waals surface area contributed by atoms with Crippen molar-refractivity contribution in [1.29, 1.82) is 5.26 Å². The van der Waals surface area contributed by atoms with Gasteiger partial charge in [-0.15, -0.1) is 0 Å². The molecule has 0 aliphatic heterocycles. The highest BCUT2D eigenvalue weighted by molar-refractivity contribution is 7.93. The van der Waals surface area contributed by atoms with Crippen LogP contribution in [0.2, 0.25) is 0 Å². The highest BCUT2D eigenvalue weighted by atomic mass is 32.2. The maximum atomic E-state index is 8.83. The van der Waals surface area contributed by atoms with Crippen molar-refractivity contribution < 1.29 is 9.02 Å². The molecule has 0 amide bonds. The fourth-order valence-corrected chi connectivity index (χ4v) is 1.11. The van der Waals surface area contributed by atoms with E-state index in [0.717, 1.165) is 17.8 Å². The molecule has 1 aromatic rings. The molecule has 0 saturated carbocycles. The monoisotopic (exact) mass is 222 g/mol. The van der Waals surface area contributed by atoms with Gasteiger partial charge in [-0.2, -0.15) is 5.26 Å². The maximum Gasteiger partial charge on any atom is 0.188 e. The van der Waals surface area contributed by atoms with Crippen molar-refractivity contribution >= 4 is 17.8 Å². The van der Waals surface area contributed by atoms with Gasteiger partial charge in [0.1, 0.15) is 11.8 Å². The van der Waals surface area contributed by atoms with E-state index >= 15 is 0 Å². The van der Waals surface area contributed by atoms with Crippen LogP contribution < -0.4 is 4.74 Å². The third-order valence-corrected chi connectivity index (χ3v) is 1.90. The Hall–Kier alpha value is -1.67. The average molecular weight is 222 g/mol. The van der Waals surface area contributed by atoms with Crippen molar-refractivity contribution in [2.75, 3.05) is 13.4 Å². The van der Waals surface area contributed by atoms with E-state index in [1.807, 2.05) is 6.07 Å². The Labute approximate surface area is 92.7 Å². The van der Waals surface area contributed by atoms with E-state index < -0.39 is 0 Å². The van der Waals surface area contributed by atoms with Crippen LogP contribution >= 0.6 is 12.0 Å². The quantitative estimate of drug-likeness (QED) is 0.445. The summed E-state index contributed by atoms with van der Waals surface area (Å²) in [4.78, 5) is 0. The van der Waals surface area contributed by atoms with Gasteiger partial charge < -0.3 is 9.02 Å². The average Bonchev–Trinajstić information content (AvgIpc) is 2.31. The summed E-state index contributed by atoms with van der Waals surface area (Å²) in [6.07, 6.45) is 1.73. The van der Waals surface area contributed by atoms with E-state index in [1.54, 1.807) is 37.6 Å². The zero-order chi connectivity index (χ0) is 11.1. The molecule has 0 fully saturated rings. The van der Waals surface area contributed by atoms with Crippen LogP contribution in [0.25, 0.3) is 0 Å². The Morgan fingerprint density at radius 1 is 1.40 bits per heavy atom. The largest absolute Gasteiger partial charge is 0.497 e. The van der Waals surface area contributed by atoms with Crippen LogP contribution in [0.4, 0.5) is 0 Å². The first-order valence-corrected chi connectivity index (χ1v) is 5.29. The lowest BCUT2D eigenvalue weighted by Crippen LogP contribution is -1.97. The molecule has 0 saturated heterocycles. The molecule has 0 radical (unpaired) electrons. The van der Waals surface area contributed by atoms with Gasteiger partial charge in [-0.3, -0.25) is 0 Å². The van der Waals surface area contributed by atoms with Crippen molar-refractivity contribution in [2.24, 2.45) is 5.16 Å². The third-order valence-electron chi connectivity index (χ3n) is 1.67. The van der Waals surface area contributed by atoms with Crippen LogP contribution in [-0.2, 0) is 4.28 Å². The second kappa shape index (κ2) is 5.94. The van der Waals surface area contributed by atoms with E-state index in [4.69, 9.17) is 14.3 Å². The lowest BCUT2D eigenvalue weighted by Gasteiger charge is -2.00. The molecular weight excluding hydrogens is 212 g/mol. The zero-order valence-corrected chi connectivity index (χ0v) is 9.25. The molecule has 0 atom stereocenters. The van der Waals surface area contributed by atoms with Crippen molar-refractivity contribution in [1.82, 2.24) is 0 Å². The van der Waals surface area contributed by atoms with Gasteiger partial charge in [0.2, 0.25) is 0 Å². The topological polar surface area (TPSA) is 54.6 Å². The summed E-state index contributed by atoms with van der Waals surface area (Å²) in [5, 5.41) is 12.5. The predicted octanol–water partition coefficient (Wildman–Crippen LogP) is 2.22. The van der Waals surface area contributed by atoms with Crippen molar-refractivity contribution in [3.05, 3.63) is 29.8 Å². The SMILES string of the molecule is COc1ccc(/C(C#N)=N/OSC)cc1. The van der Waals surface area contributed by atoms with Gasteiger partial charge in [0, 0.05) is 11.8 Å². The number of oxime groups is 1. The lowest BCUT2D eigenvalue weighted by molar-refractivity contribution is 0.408. The third kappa shape index (κ3) is 3.18. The molecule has 1 rings (SSSR count). The molecule has 4 nitrogen and oxygen atoms in total. The molecule has 0 spiro atoms. The van der Waals surface area contributed by atoms with E-state index in [0.29, 0.717) is 5.56 Å². The molecule has 0 N–H and O–H groups in total. The number of methoxy groups -OCH3 is 1. The van der Waals surface area contributed by atoms with Gasteiger partial charge in [-0.05, 0) is 24.3 Å². The minimum Gasteiger partial charge on any atom is -0.497 e. The van der Waals surface area contributed by atoms with Crippen LogP contribution in [0.1, 0.15) is 5.56 Å². The highest BCUT2D eigenvalue weighted by Crippen LogP contribution is 2.12. The number of hydrogen-bond donors (Lipinski definition) is 0. The number of nitrogens with zero attached hydrogens (tertiary/aromatic N) is 2. The Kier molecular flexibility index (Phi) is 4.51. The number of rotatable bonds is 4. The summed E-state index contributed by atoms with van der Waals surface area (Å²) in [5.74, 6) is 0.738. The highest BCUT2D eigenvalue weighted by Gasteiger charge is 2.03. The van der Waals surface area contributed by atoms with Gasteiger partial charge >= 0.3 is 0 Å². The van der Waals surface area contributed by atoms with Crippen LogP contribution in [0, 0.1) is 11.3 Å². The summed E-state index contributed by atoms with van der Waals surface area (Å²) < 4.78 is 9.75. The fraction of sp³-hybridized carbons (Fsp3) is 0.200. The molecule has 0 bridgehead atoms. The van der Waals surface area contributed by atoms with E-state index in [1.165, 1.54) is 0 Å². The fourth-order valence-electron chi connectivity index (χ4n) is 0.961. The Morgan fingerprint density at radius 2 is 2.07 bits per heavy atom. The van der Waals surface area contributed by atoms with Crippen LogP contribution in [0.5, 0.6) is 5.75 Å². The van der Waals surface area contributed by atoms with Crippen molar-refractivity contribution in [3.8, 4) is 11.8 Å². The first kappa shape index (κ1) is 11.4. The second-order valence-corrected chi connectivity index (χ2v) is 3.00. The normalized spacial score (nSPS) is 10.6. The standard InChI is InChI=1S/C10H10N2O2S/c1-13-9-5-3-8(4-6-9)10(7-11)12-14-15-2/h3-6H,1-2H3/b12-10+. The number of benzene rings is 1. The summed E-state index contributed by atoms with van der Waals surface area (Å²) in [5.41, 5.74) is 0.944. The molecule has 0 unspecified atom stereocenters. The summed E-state index contributed by atoms with van der Waals surface area (Å²) in [6.45, 7) is 0. The molecule has 1 aromatic carbocycles. The Balaban J connectivity index is 2.89. The Morgan fingerprint density at radius 3 is 2.53 bits per heavy atom. The van der Waals surface area contributed by atoms with Gasteiger partial charge in [0.15, 0.2) is 5.71 Å². The molecule has 0 aromatic heterocycles. The molecule has 15 heavy (non-hydrogen) atoms. The number of nitriles is 1. The smallest absolute Gasteiger partial charge is 0.188 e. The van der Waals surface area contributed by atoms with Gasteiger partial charge in [0.05, 0.1) is 19.2 Å². The minimum atomic E-state index is 0.243. The summed E-state index contributed by atoms with van der Waals surface area (Å²) in [7, 11) is 1.59. The van der Waals surface area contributed by atoms with Gasteiger partial charge in [-0.1, -0.05) is 5.16 Å². The molecule has 0 heterocycles. The first-order chi connectivity index (χ1) is 7.31. The van der Waals surface area contributed by atoms with Gasteiger partial charge in [0.25, 0.3) is 0 Å². The molecule has 0 aliphatic carbocycles. The van der Waals surface area contributed by atoms with Crippen molar-refractivity contribution in [2.45, 2.75) is 0 Å². The molecule has 5 heteroatoms. The number of hydrogen-bond acceptors (Lipinski definition) is 5. The summed E-state index contributed by atoms with van der Waals surface area (Å²) >= 11 is 1.08. The maximum absolute atomic E-state index is 8.83. The molecule has 0 aliphatic rings. The zero-order valence-electron chi connectivity index (χ0n) is 8.43. The van der Waals surface area contributed by atoms with E-state index in [9.17, 15) is 0 Å². The Bertz CT molecular complexity index is 381. The van der Waals surface area contributed by atoms with Crippen LogP contribution in [-0.4, -0.2) is 19.1 Å². The first-order valence-electron chi connectivity index (χ1n) is 4.14. The second-order valence-electron chi connectivity index (χ2n) is 2.52. The minimum absolute atomic E-state index is 0.243. The molecular formula is C10H10N2O2S. The van der Waals surface area contributed by atoms with Crippen LogP contribution in [0.15, 0.2) is 29.4 Å². The summed E-state index contributed by atoms with van der Waals surface area (Å²) in [6, 6.07) is 9.00. The molecule has 78 valence electrons. The lowest BCUT2D eigenvalue weighted by atomic mass is 10.1. The predicted molar refractivity (Wildman–Crippen MR) is 59.7 cm³/mol. The van der Waals surface area contributed by atoms with E-state index in [-0.39, 0.29) is 5.71 Å². The number of ether oxygens (including phenoxy) is 1. The van der Waals surface area contributed by atoms with Crippen molar-refractivity contribution in [3.63, 3.8) is 0 Å². The van der Waals surface area contributed by atoms with Crippen LogP contribution in [0.3, 0.4) is 0 Å². The van der Waals surface area contributed by atoms with E-state index in [2.05, 4.69) is 5.16 Å².